The van der Waals surface area contributed by atoms with Crippen molar-refractivity contribution in [2.45, 2.75) is 78.6 Å². The second kappa shape index (κ2) is 13.5. The fourth-order valence-electron chi connectivity index (χ4n) is 2.09. The smallest absolute Gasteiger partial charge is 0.0326 e. The van der Waals surface area contributed by atoms with Gasteiger partial charge in [-0.05, 0) is 37.7 Å². The zero-order chi connectivity index (χ0) is 12.1. The molecule has 0 atom stereocenters. The molecule has 0 aromatic rings. The third kappa shape index (κ3) is 10.9. The Bertz CT molecular complexity index is 98.8. The molecule has 16 heavy (non-hydrogen) atoms. The molecule has 0 radical (unpaired) electrons. The Morgan fingerprint density at radius 3 is 1.06 bits per heavy atom. The Morgan fingerprint density at radius 2 is 0.812 bits per heavy atom. The first-order valence-corrected chi connectivity index (χ1v) is 9.47. The second-order valence-electron chi connectivity index (χ2n) is 4.96. The van der Waals surface area contributed by atoms with Crippen LogP contribution in [0.15, 0.2) is 0 Å². The summed E-state index contributed by atoms with van der Waals surface area (Å²) < 4.78 is 0. The largest absolute Gasteiger partial charge is 0.107 e. The van der Waals surface area contributed by atoms with Gasteiger partial charge in [-0.1, -0.05) is 59.3 Å². The monoisotopic (exact) mass is 244 g/mol. The van der Waals surface area contributed by atoms with Crippen molar-refractivity contribution < 1.29 is 0 Å². The van der Waals surface area contributed by atoms with Crippen LogP contribution in [0, 0.1) is 0 Å². The molecule has 0 nitrogen and oxygen atoms in total. The minimum absolute atomic E-state index is 0.405. The molecule has 0 saturated carbocycles. The van der Waals surface area contributed by atoms with Crippen molar-refractivity contribution in [3.05, 3.63) is 0 Å². The van der Waals surface area contributed by atoms with Crippen LogP contribution in [0.3, 0.4) is 0 Å². The van der Waals surface area contributed by atoms with Gasteiger partial charge in [0.2, 0.25) is 0 Å². The van der Waals surface area contributed by atoms with E-state index in [1.54, 1.807) is 18.5 Å². The Hall–Kier alpha value is 0.430. The van der Waals surface area contributed by atoms with Gasteiger partial charge in [-0.2, -0.15) is 0 Å². The van der Waals surface area contributed by atoms with Crippen LogP contribution in [-0.2, 0) is 0 Å². The average molecular weight is 244 g/mol. The molecule has 0 saturated heterocycles. The van der Waals surface area contributed by atoms with Crippen molar-refractivity contribution in [2.75, 3.05) is 18.5 Å². The zero-order valence-corrected chi connectivity index (χ0v) is 12.8. The Labute approximate surface area is 105 Å². The SMILES string of the molecule is CCCCCP(CCCCC)CCCCC. The molecule has 1 heteroatoms. The van der Waals surface area contributed by atoms with Crippen molar-refractivity contribution >= 4 is 7.92 Å². The maximum absolute atomic E-state index is 2.32. The lowest BCUT2D eigenvalue weighted by Gasteiger charge is -2.17. The predicted octanol–water partition coefficient (Wildman–Crippen LogP) is 6.04. The summed E-state index contributed by atoms with van der Waals surface area (Å²) in [6.07, 6.45) is 17.7. The molecule has 0 aromatic heterocycles. The molecule has 0 bridgehead atoms. The molecular weight excluding hydrogens is 211 g/mol. The van der Waals surface area contributed by atoms with E-state index in [1.165, 1.54) is 57.8 Å². The molecular formula is C15H33P. The minimum atomic E-state index is 0.405. The fraction of sp³-hybridized carbons (Fsp3) is 1.00. The summed E-state index contributed by atoms with van der Waals surface area (Å²) in [4.78, 5) is 0. The van der Waals surface area contributed by atoms with E-state index in [9.17, 15) is 0 Å². The van der Waals surface area contributed by atoms with Crippen LogP contribution in [0.4, 0.5) is 0 Å². The topological polar surface area (TPSA) is 0 Å². The third-order valence-electron chi connectivity index (χ3n) is 3.23. The van der Waals surface area contributed by atoms with Crippen LogP contribution < -0.4 is 0 Å². The van der Waals surface area contributed by atoms with E-state index in [-0.39, 0.29) is 0 Å². The highest BCUT2D eigenvalue weighted by Gasteiger charge is 2.06. The fourth-order valence-corrected chi connectivity index (χ4v) is 4.77. The minimum Gasteiger partial charge on any atom is -0.107 e. The lowest BCUT2D eigenvalue weighted by molar-refractivity contribution is 0.749. The van der Waals surface area contributed by atoms with Crippen molar-refractivity contribution in [1.29, 1.82) is 0 Å². The van der Waals surface area contributed by atoms with E-state index in [2.05, 4.69) is 20.8 Å². The zero-order valence-electron chi connectivity index (χ0n) is 11.9. The molecule has 0 aliphatic heterocycles. The molecule has 0 amide bonds. The van der Waals surface area contributed by atoms with Gasteiger partial charge in [0, 0.05) is 0 Å². The van der Waals surface area contributed by atoms with Crippen molar-refractivity contribution in [2.24, 2.45) is 0 Å². The first-order chi connectivity index (χ1) is 7.85. The van der Waals surface area contributed by atoms with Crippen LogP contribution in [0.2, 0.25) is 0 Å². The van der Waals surface area contributed by atoms with Gasteiger partial charge in [-0.15, -0.1) is 7.92 Å². The molecule has 0 aliphatic carbocycles. The Balaban J connectivity index is 3.58. The normalized spacial score (nSPS) is 11.2. The number of rotatable bonds is 12. The highest BCUT2D eigenvalue weighted by molar-refractivity contribution is 7.57. The van der Waals surface area contributed by atoms with Crippen LogP contribution in [0.25, 0.3) is 0 Å². The summed E-state index contributed by atoms with van der Waals surface area (Å²) in [5, 5.41) is 0. The summed E-state index contributed by atoms with van der Waals surface area (Å²) in [5.41, 5.74) is 0. The lowest BCUT2D eigenvalue weighted by Crippen LogP contribution is -1.96. The highest BCUT2D eigenvalue weighted by Crippen LogP contribution is 2.39. The summed E-state index contributed by atoms with van der Waals surface area (Å²) in [7, 11) is 0.405. The molecule has 0 spiro atoms. The highest BCUT2D eigenvalue weighted by atomic mass is 31.1. The summed E-state index contributed by atoms with van der Waals surface area (Å²) >= 11 is 0. The van der Waals surface area contributed by atoms with Crippen molar-refractivity contribution in [1.82, 2.24) is 0 Å². The first kappa shape index (κ1) is 16.4. The molecule has 0 fully saturated rings. The molecule has 0 N–H and O–H groups in total. The van der Waals surface area contributed by atoms with Gasteiger partial charge in [0.25, 0.3) is 0 Å². The van der Waals surface area contributed by atoms with Crippen molar-refractivity contribution in [3.8, 4) is 0 Å². The van der Waals surface area contributed by atoms with Gasteiger partial charge in [0.05, 0.1) is 0 Å². The summed E-state index contributed by atoms with van der Waals surface area (Å²) in [6.45, 7) is 6.95. The Kier molecular flexibility index (Phi) is 13.9. The van der Waals surface area contributed by atoms with E-state index >= 15 is 0 Å². The molecule has 0 heterocycles. The van der Waals surface area contributed by atoms with E-state index < -0.39 is 0 Å². The Morgan fingerprint density at radius 1 is 0.500 bits per heavy atom. The maximum atomic E-state index is 2.32. The van der Waals surface area contributed by atoms with Crippen LogP contribution >= 0.6 is 7.92 Å². The van der Waals surface area contributed by atoms with Gasteiger partial charge >= 0.3 is 0 Å². The van der Waals surface area contributed by atoms with Crippen molar-refractivity contribution in [3.63, 3.8) is 0 Å². The molecule has 0 aliphatic rings. The molecule has 0 unspecified atom stereocenters. The van der Waals surface area contributed by atoms with Crippen LogP contribution in [0.1, 0.15) is 78.6 Å². The summed E-state index contributed by atoms with van der Waals surface area (Å²) in [5.74, 6) is 0. The molecule has 0 aromatic carbocycles. The van der Waals surface area contributed by atoms with Crippen LogP contribution in [-0.4, -0.2) is 18.5 Å². The number of hydrogen-bond acceptors (Lipinski definition) is 0. The van der Waals surface area contributed by atoms with Gasteiger partial charge in [0.15, 0.2) is 0 Å². The summed E-state index contributed by atoms with van der Waals surface area (Å²) in [6, 6.07) is 0. The van der Waals surface area contributed by atoms with Gasteiger partial charge in [0.1, 0.15) is 0 Å². The number of unbranched alkanes of at least 4 members (excludes halogenated alkanes) is 6. The van der Waals surface area contributed by atoms with Crippen LogP contribution in [0.5, 0.6) is 0 Å². The quantitative estimate of drug-likeness (QED) is 0.290. The average Bonchev–Trinajstić information content (AvgIpc) is 2.29. The predicted molar refractivity (Wildman–Crippen MR) is 80.1 cm³/mol. The van der Waals surface area contributed by atoms with E-state index in [0.29, 0.717) is 7.92 Å². The standard InChI is InChI=1S/C15H33P/c1-4-7-10-13-16(14-11-8-5-2)15-12-9-6-3/h4-15H2,1-3H3. The maximum Gasteiger partial charge on any atom is -0.0326 e. The van der Waals surface area contributed by atoms with E-state index in [1.807, 2.05) is 0 Å². The lowest BCUT2D eigenvalue weighted by atomic mass is 10.3. The molecule has 0 rings (SSSR count). The van der Waals surface area contributed by atoms with Gasteiger partial charge in [-0.25, -0.2) is 0 Å². The third-order valence-corrected chi connectivity index (χ3v) is 6.08. The van der Waals surface area contributed by atoms with E-state index in [4.69, 9.17) is 0 Å². The number of hydrogen-bond donors (Lipinski definition) is 0. The first-order valence-electron chi connectivity index (χ1n) is 7.57. The molecule has 98 valence electrons. The van der Waals surface area contributed by atoms with Gasteiger partial charge < -0.3 is 0 Å². The second-order valence-corrected chi connectivity index (χ2v) is 7.65. The van der Waals surface area contributed by atoms with E-state index in [0.717, 1.165) is 0 Å². The van der Waals surface area contributed by atoms with Gasteiger partial charge in [-0.3, -0.25) is 0 Å².